The average molecular weight is 376 g/mol. The Morgan fingerprint density at radius 1 is 1.27 bits per heavy atom. The number of anilines is 1. The predicted octanol–water partition coefficient (Wildman–Crippen LogP) is 1.24. The quantitative estimate of drug-likeness (QED) is 0.740. The fraction of sp³-hybridized carbons (Fsp3) is 0.529. The van der Waals surface area contributed by atoms with E-state index < -0.39 is 5.97 Å². The maximum Gasteiger partial charge on any atom is 0.354 e. The first-order chi connectivity index (χ1) is 12.5. The van der Waals surface area contributed by atoms with Crippen LogP contribution in [0.3, 0.4) is 0 Å². The molecule has 1 spiro atoms. The lowest BCUT2D eigenvalue weighted by atomic mass is 9.83. The van der Waals surface area contributed by atoms with Gasteiger partial charge in [0.1, 0.15) is 23.5 Å². The minimum Gasteiger partial charge on any atom is -0.469 e. The highest BCUT2D eigenvalue weighted by Crippen LogP contribution is 2.51. The van der Waals surface area contributed by atoms with E-state index in [1.54, 1.807) is 17.7 Å². The molecule has 2 aliphatic heterocycles. The molecule has 2 aromatic heterocycles. The first kappa shape index (κ1) is 17.1. The molecule has 0 saturated carbocycles. The summed E-state index contributed by atoms with van der Waals surface area (Å²) >= 11 is 1.84. The van der Waals surface area contributed by atoms with Crippen molar-refractivity contribution in [2.75, 3.05) is 38.0 Å². The van der Waals surface area contributed by atoms with Gasteiger partial charge in [-0.2, -0.15) is 11.8 Å². The van der Waals surface area contributed by atoms with Crippen LogP contribution in [0, 0.1) is 5.92 Å². The number of fused-ring (bicyclic) bond motifs is 1. The van der Waals surface area contributed by atoms with Gasteiger partial charge in [0.25, 0.3) is 0 Å². The molecule has 0 radical (unpaired) electrons. The third-order valence-electron chi connectivity index (χ3n) is 5.33. The smallest absolute Gasteiger partial charge is 0.354 e. The molecule has 1 atom stereocenters. The number of methoxy groups -OCH3 is 2. The Morgan fingerprint density at radius 3 is 2.73 bits per heavy atom. The molecule has 0 amide bonds. The lowest BCUT2D eigenvalue weighted by Crippen LogP contribution is -2.63. The first-order valence-electron chi connectivity index (χ1n) is 8.36. The molecule has 0 aromatic carbocycles. The van der Waals surface area contributed by atoms with E-state index in [-0.39, 0.29) is 16.6 Å². The summed E-state index contributed by atoms with van der Waals surface area (Å²) in [4.78, 5) is 34.9. The molecule has 2 aliphatic rings. The molecule has 4 heterocycles. The van der Waals surface area contributed by atoms with Crippen molar-refractivity contribution in [3.63, 3.8) is 0 Å². The van der Waals surface area contributed by atoms with E-state index in [1.807, 2.05) is 11.8 Å². The second-order valence-electron chi connectivity index (χ2n) is 6.65. The predicted molar refractivity (Wildman–Crippen MR) is 97.4 cm³/mol. The highest BCUT2D eigenvalue weighted by Gasteiger charge is 2.56. The van der Waals surface area contributed by atoms with Crippen molar-refractivity contribution in [1.29, 1.82) is 0 Å². The molecule has 2 saturated heterocycles. The summed E-state index contributed by atoms with van der Waals surface area (Å²) in [5, 5.41) is 0.808. The molecule has 0 bridgehead atoms. The Labute approximate surface area is 154 Å². The van der Waals surface area contributed by atoms with Crippen LogP contribution in [0.25, 0.3) is 11.0 Å². The van der Waals surface area contributed by atoms with Crippen molar-refractivity contribution in [2.45, 2.75) is 11.2 Å². The molecule has 2 aromatic rings. The van der Waals surface area contributed by atoms with Crippen LogP contribution in [0.5, 0.6) is 0 Å². The van der Waals surface area contributed by atoms with Gasteiger partial charge in [-0.05, 0) is 18.2 Å². The summed E-state index contributed by atoms with van der Waals surface area (Å²) in [6.07, 6.45) is 2.35. The van der Waals surface area contributed by atoms with Crippen molar-refractivity contribution in [3.05, 3.63) is 18.1 Å². The zero-order valence-electron chi connectivity index (χ0n) is 14.9. The number of esters is 2. The van der Waals surface area contributed by atoms with E-state index in [2.05, 4.69) is 14.9 Å². The Kier molecular flexibility index (Phi) is 4.06. The summed E-state index contributed by atoms with van der Waals surface area (Å²) in [7, 11) is 4.58. The first-order valence-corrected chi connectivity index (χ1v) is 9.35. The second-order valence-corrected chi connectivity index (χ2v) is 8.16. The number of carbonyl (C=O) groups is 2. The van der Waals surface area contributed by atoms with E-state index >= 15 is 0 Å². The number of aromatic nitrogens is 3. The molecule has 4 rings (SSSR count). The van der Waals surface area contributed by atoms with Gasteiger partial charge in [0, 0.05) is 20.1 Å². The monoisotopic (exact) mass is 376 g/mol. The zero-order valence-corrected chi connectivity index (χ0v) is 15.7. The Morgan fingerprint density at radius 2 is 2.04 bits per heavy atom. The summed E-state index contributed by atoms with van der Waals surface area (Å²) in [6.45, 7) is 1.46. The van der Waals surface area contributed by atoms with Crippen LogP contribution in [-0.4, -0.2) is 64.3 Å². The zero-order chi connectivity index (χ0) is 18.5. The Hall–Kier alpha value is -2.29. The number of aryl methyl sites for hydroxylation is 1. The van der Waals surface area contributed by atoms with E-state index in [4.69, 9.17) is 9.47 Å². The van der Waals surface area contributed by atoms with Gasteiger partial charge in [-0.25, -0.2) is 14.8 Å². The number of nitrogens with zero attached hydrogens (tertiary/aromatic N) is 4. The van der Waals surface area contributed by atoms with E-state index in [0.29, 0.717) is 11.3 Å². The number of ether oxygens (including phenoxy) is 2. The summed E-state index contributed by atoms with van der Waals surface area (Å²) in [5.41, 5.74) is 1.11. The van der Waals surface area contributed by atoms with Crippen LogP contribution >= 0.6 is 11.8 Å². The fourth-order valence-corrected chi connectivity index (χ4v) is 5.62. The van der Waals surface area contributed by atoms with E-state index in [9.17, 15) is 9.59 Å². The molecule has 26 heavy (non-hydrogen) atoms. The summed E-state index contributed by atoms with van der Waals surface area (Å²) < 4.78 is 11.4. The van der Waals surface area contributed by atoms with Crippen molar-refractivity contribution in [2.24, 2.45) is 13.0 Å². The van der Waals surface area contributed by atoms with E-state index in [1.165, 1.54) is 20.5 Å². The third kappa shape index (κ3) is 2.37. The van der Waals surface area contributed by atoms with Gasteiger partial charge in [-0.15, -0.1) is 0 Å². The molecular weight excluding hydrogens is 356 g/mol. The standard InChI is InChI=1S/C17H20N4O4S/c1-20-12(16(23)25-3)6-10-13(20)18-9-19-14(10)21-7-17(8-21)11(4-5-26-17)15(22)24-2/h6,9,11H,4-5,7-8H2,1-3H3. The third-order valence-corrected chi connectivity index (χ3v) is 6.89. The number of thioether (sulfide) groups is 1. The van der Waals surface area contributed by atoms with Gasteiger partial charge in [0.15, 0.2) is 0 Å². The topological polar surface area (TPSA) is 86.6 Å². The van der Waals surface area contributed by atoms with Crippen molar-refractivity contribution in [3.8, 4) is 0 Å². The van der Waals surface area contributed by atoms with Crippen LogP contribution in [0.4, 0.5) is 5.82 Å². The van der Waals surface area contributed by atoms with Crippen molar-refractivity contribution in [1.82, 2.24) is 14.5 Å². The van der Waals surface area contributed by atoms with Crippen LogP contribution < -0.4 is 4.90 Å². The summed E-state index contributed by atoms with van der Waals surface area (Å²) in [5.74, 6) is 1.13. The largest absolute Gasteiger partial charge is 0.469 e. The lowest BCUT2D eigenvalue weighted by Gasteiger charge is -2.50. The molecule has 1 unspecified atom stereocenters. The maximum atomic E-state index is 12.1. The van der Waals surface area contributed by atoms with Gasteiger partial charge < -0.3 is 18.9 Å². The molecule has 0 aliphatic carbocycles. The van der Waals surface area contributed by atoms with Gasteiger partial charge in [0.2, 0.25) is 0 Å². The number of hydrogen-bond donors (Lipinski definition) is 0. The normalized spacial score (nSPS) is 21.0. The minimum atomic E-state index is -0.409. The highest BCUT2D eigenvalue weighted by molar-refractivity contribution is 8.01. The molecule has 138 valence electrons. The molecule has 2 fully saturated rings. The second kappa shape index (κ2) is 6.15. The van der Waals surface area contributed by atoms with E-state index in [0.717, 1.165) is 36.5 Å². The van der Waals surface area contributed by atoms with Gasteiger partial charge in [0.05, 0.1) is 30.3 Å². The SMILES string of the molecule is COC(=O)c1cc2c(N3CC4(C3)SCCC4C(=O)OC)ncnc2n1C. The van der Waals surface area contributed by atoms with Gasteiger partial charge >= 0.3 is 11.9 Å². The molecule has 0 N–H and O–H groups in total. The average Bonchev–Trinajstić information content (AvgIpc) is 3.21. The molecular formula is C17H20N4O4S. The number of hydrogen-bond acceptors (Lipinski definition) is 8. The van der Waals surface area contributed by atoms with Crippen LogP contribution in [0.1, 0.15) is 16.9 Å². The highest BCUT2D eigenvalue weighted by atomic mass is 32.2. The lowest BCUT2D eigenvalue weighted by molar-refractivity contribution is -0.146. The molecule has 8 nitrogen and oxygen atoms in total. The van der Waals surface area contributed by atoms with Gasteiger partial charge in [-0.1, -0.05) is 0 Å². The molecule has 9 heteroatoms. The van der Waals surface area contributed by atoms with Crippen LogP contribution in [0.15, 0.2) is 12.4 Å². The van der Waals surface area contributed by atoms with Gasteiger partial charge in [-0.3, -0.25) is 4.79 Å². The number of rotatable bonds is 3. The summed E-state index contributed by atoms with van der Waals surface area (Å²) in [6, 6.07) is 1.76. The van der Waals surface area contributed by atoms with Crippen molar-refractivity contribution < 1.29 is 19.1 Å². The Bertz CT molecular complexity index is 890. The van der Waals surface area contributed by atoms with Crippen LogP contribution in [0.2, 0.25) is 0 Å². The number of carbonyl (C=O) groups excluding carboxylic acids is 2. The van der Waals surface area contributed by atoms with Crippen molar-refractivity contribution >= 4 is 40.6 Å². The minimum absolute atomic E-state index is 0.0764. The maximum absolute atomic E-state index is 12.1. The van der Waals surface area contributed by atoms with Crippen LogP contribution in [-0.2, 0) is 21.3 Å². The fourth-order valence-electron chi connectivity index (χ4n) is 3.95. The Balaban J connectivity index is 1.65.